The molecule has 0 unspecified atom stereocenters. The van der Waals surface area contributed by atoms with E-state index in [1.165, 1.54) is 0 Å². The van der Waals surface area contributed by atoms with Crippen LogP contribution in [0.15, 0.2) is 27.9 Å². The van der Waals surface area contributed by atoms with Crippen LogP contribution in [0.5, 0.6) is 0 Å². The smallest absolute Gasteiger partial charge is 0.253 e. The van der Waals surface area contributed by atoms with Crippen molar-refractivity contribution in [1.82, 2.24) is 19.6 Å². The van der Waals surface area contributed by atoms with E-state index in [0.717, 1.165) is 56.0 Å². The highest BCUT2D eigenvalue weighted by Gasteiger charge is 2.21. The second-order valence-corrected chi connectivity index (χ2v) is 7.09. The maximum absolute atomic E-state index is 12.2. The molecule has 3 heterocycles. The molecule has 0 bridgehead atoms. The lowest BCUT2D eigenvalue weighted by Gasteiger charge is -2.31. The summed E-state index contributed by atoms with van der Waals surface area (Å²) in [5.41, 5.74) is 2.10. The van der Waals surface area contributed by atoms with Crippen LogP contribution < -0.4 is 5.56 Å². The first kappa shape index (κ1) is 16.9. The maximum Gasteiger partial charge on any atom is 0.253 e. The van der Waals surface area contributed by atoms with Gasteiger partial charge < -0.3 is 4.52 Å². The van der Waals surface area contributed by atoms with Crippen LogP contribution in [0.4, 0.5) is 0 Å². The van der Waals surface area contributed by atoms with Gasteiger partial charge in [0.05, 0.1) is 18.2 Å². The Morgan fingerprint density at radius 3 is 2.67 bits per heavy atom. The number of hydrogen-bond donors (Lipinski definition) is 0. The zero-order chi connectivity index (χ0) is 17.1. The molecule has 0 N–H and O–H groups in total. The standard InChI is InChI=1S/C18H26N4O2/c1-13(2)17-8-18(23)22(12-19-17)10-15-4-6-21(7-5-15)11-16-9-20-24-14(16)3/h8-9,12-13,15H,4-7,10-11H2,1-3H3. The summed E-state index contributed by atoms with van der Waals surface area (Å²) in [6.45, 7) is 9.81. The van der Waals surface area contributed by atoms with Gasteiger partial charge in [0, 0.05) is 24.7 Å². The van der Waals surface area contributed by atoms with E-state index in [0.29, 0.717) is 5.92 Å². The third-order valence-corrected chi connectivity index (χ3v) is 4.90. The van der Waals surface area contributed by atoms with Gasteiger partial charge in [0.1, 0.15) is 5.76 Å². The lowest BCUT2D eigenvalue weighted by Crippen LogP contribution is -2.36. The van der Waals surface area contributed by atoms with Crippen LogP contribution in [0.25, 0.3) is 0 Å². The first-order chi connectivity index (χ1) is 11.5. The summed E-state index contributed by atoms with van der Waals surface area (Å²) in [7, 11) is 0. The van der Waals surface area contributed by atoms with Gasteiger partial charge in [-0.3, -0.25) is 14.3 Å². The largest absolute Gasteiger partial charge is 0.361 e. The lowest BCUT2D eigenvalue weighted by atomic mass is 9.96. The third kappa shape index (κ3) is 3.93. The zero-order valence-electron chi connectivity index (χ0n) is 14.7. The van der Waals surface area contributed by atoms with E-state index in [1.807, 2.05) is 13.1 Å². The van der Waals surface area contributed by atoms with Gasteiger partial charge >= 0.3 is 0 Å². The van der Waals surface area contributed by atoms with Crippen LogP contribution in [0.1, 0.15) is 49.6 Å². The molecule has 0 spiro atoms. The van der Waals surface area contributed by atoms with Crippen molar-refractivity contribution in [2.45, 2.75) is 52.6 Å². The lowest BCUT2D eigenvalue weighted by molar-refractivity contribution is 0.165. The number of aromatic nitrogens is 3. The van der Waals surface area contributed by atoms with Gasteiger partial charge in [-0.05, 0) is 44.7 Å². The summed E-state index contributed by atoms with van der Waals surface area (Å²) in [6, 6.07) is 1.68. The molecule has 1 aliphatic rings. The van der Waals surface area contributed by atoms with Crippen molar-refractivity contribution in [3.8, 4) is 0 Å². The van der Waals surface area contributed by atoms with Gasteiger partial charge in [-0.2, -0.15) is 0 Å². The molecule has 0 atom stereocenters. The normalized spacial score (nSPS) is 16.8. The second-order valence-electron chi connectivity index (χ2n) is 7.09. The quantitative estimate of drug-likeness (QED) is 0.843. The van der Waals surface area contributed by atoms with Crippen molar-refractivity contribution in [2.24, 2.45) is 5.92 Å². The van der Waals surface area contributed by atoms with E-state index >= 15 is 0 Å². The Balaban J connectivity index is 1.54. The Morgan fingerprint density at radius 2 is 2.08 bits per heavy atom. The molecule has 1 aliphatic heterocycles. The molecule has 1 saturated heterocycles. The van der Waals surface area contributed by atoms with Crippen molar-refractivity contribution in [3.05, 3.63) is 46.0 Å². The van der Waals surface area contributed by atoms with Gasteiger partial charge in [0.25, 0.3) is 5.56 Å². The van der Waals surface area contributed by atoms with Crippen LogP contribution >= 0.6 is 0 Å². The van der Waals surface area contributed by atoms with Crippen LogP contribution in [0.2, 0.25) is 0 Å². The Hall–Kier alpha value is -1.95. The summed E-state index contributed by atoms with van der Waals surface area (Å²) >= 11 is 0. The molecule has 1 fully saturated rings. The fourth-order valence-electron chi connectivity index (χ4n) is 3.21. The van der Waals surface area contributed by atoms with E-state index < -0.39 is 0 Å². The highest BCUT2D eigenvalue weighted by atomic mass is 16.5. The first-order valence-corrected chi connectivity index (χ1v) is 8.72. The average Bonchev–Trinajstić information content (AvgIpc) is 2.96. The average molecular weight is 330 g/mol. The fourth-order valence-corrected chi connectivity index (χ4v) is 3.21. The van der Waals surface area contributed by atoms with E-state index in [4.69, 9.17) is 4.52 Å². The van der Waals surface area contributed by atoms with Crippen molar-refractivity contribution in [3.63, 3.8) is 0 Å². The Labute approximate surface area is 142 Å². The number of likely N-dealkylation sites (tertiary alicyclic amines) is 1. The molecule has 0 radical (unpaired) electrons. The Bertz CT molecular complexity index is 727. The van der Waals surface area contributed by atoms with Crippen LogP contribution in [-0.2, 0) is 13.1 Å². The van der Waals surface area contributed by atoms with Crippen LogP contribution in [0, 0.1) is 12.8 Å². The van der Waals surface area contributed by atoms with E-state index in [2.05, 4.69) is 28.9 Å². The fraction of sp³-hybridized carbons (Fsp3) is 0.611. The predicted molar refractivity (Wildman–Crippen MR) is 91.8 cm³/mol. The molecule has 6 nitrogen and oxygen atoms in total. The maximum atomic E-state index is 12.2. The van der Waals surface area contributed by atoms with Crippen molar-refractivity contribution in [2.75, 3.05) is 13.1 Å². The molecule has 2 aromatic rings. The summed E-state index contributed by atoms with van der Waals surface area (Å²) < 4.78 is 6.88. The molecule has 0 saturated carbocycles. The summed E-state index contributed by atoms with van der Waals surface area (Å²) in [5, 5.41) is 3.84. The highest BCUT2D eigenvalue weighted by molar-refractivity contribution is 5.11. The first-order valence-electron chi connectivity index (χ1n) is 8.72. The van der Waals surface area contributed by atoms with Gasteiger partial charge in [-0.15, -0.1) is 0 Å². The van der Waals surface area contributed by atoms with Crippen molar-refractivity contribution < 1.29 is 4.52 Å². The SMILES string of the molecule is Cc1oncc1CN1CCC(Cn2cnc(C(C)C)cc2=O)CC1. The minimum absolute atomic E-state index is 0.0659. The molecule has 3 rings (SSSR count). The number of hydrogen-bond acceptors (Lipinski definition) is 5. The van der Waals surface area contributed by atoms with Crippen LogP contribution in [-0.4, -0.2) is 32.7 Å². The molecule has 6 heteroatoms. The van der Waals surface area contributed by atoms with E-state index in [1.54, 1.807) is 17.0 Å². The molecular weight excluding hydrogens is 304 g/mol. The van der Waals surface area contributed by atoms with Crippen molar-refractivity contribution in [1.29, 1.82) is 0 Å². The predicted octanol–water partition coefficient (Wildman–Crippen LogP) is 2.58. The minimum atomic E-state index is 0.0659. The summed E-state index contributed by atoms with van der Waals surface area (Å²) in [4.78, 5) is 19.1. The topological polar surface area (TPSA) is 64.2 Å². The summed E-state index contributed by atoms with van der Waals surface area (Å²) in [5.74, 6) is 1.73. The second kappa shape index (κ2) is 7.30. The van der Waals surface area contributed by atoms with E-state index in [9.17, 15) is 4.79 Å². The van der Waals surface area contributed by atoms with Gasteiger partial charge in [0.2, 0.25) is 0 Å². The van der Waals surface area contributed by atoms with Crippen LogP contribution in [0.3, 0.4) is 0 Å². The monoisotopic (exact) mass is 330 g/mol. The Morgan fingerprint density at radius 1 is 1.33 bits per heavy atom. The van der Waals surface area contributed by atoms with Gasteiger partial charge in [0.15, 0.2) is 0 Å². The number of rotatable bonds is 5. The molecule has 24 heavy (non-hydrogen) atoms. The number of piperidine rings is 1. The van der Waals surface area contributed by atoms with Gasteiger partial charge in [-0.25, -0.2) is 4.98 Å². The zero-order valence-corrected chi connectivity index (χ0v) is 14.7. The highest BCUT2D eigenvalue weighted by Crippen LogP contribution is 2.21. The molecule has 0 aromatic carbocycles. The third-order valence-electron chi connectivity index (χ3n) is 4.90. The molecule has 2 aromatic heterocycles. The Kier molecular flexibility index (Phi) is 5.14. The van der Waals surface area contributed by atoms with Crippen molar-refractivity contribution >= 4 is 0 Å². The number of nitrogens with zero attached hydrogens (tertiary/aromatic N) is 4. The molecule has 0 aliphatic carbocycles. The number of aryl methyl sites for hydroxylation is 1. The molecule has 130 valence electrons. The minimum Gasteiger partial charge on any atom is -0.361 e. The summed E-state index contributed by atoms with van der Waals surface area (Å²) in [6.07, 6.45) is 5.72. The molecular formula is C18H26N4O2. The van der Waals surface area contributed by atoms with Gasteiger partial charge in [-0.1, -0.05) is 19.0 Å². The molecule has 0 amide bonds. The van der Waals surface area contributed by atoms with E-state index in [-0.39, 0.29) is 11.5 Å².